The Morgan fingerprint density at radius 2 is 2.13 bits per heavy atom. The molecule has 0 saturated heterocycles. The van der Waals surface area contributed by atoms with Crippen LogP contribution in [0, 0.1) is 0 Å². The predicted octanol–water partition coefficient (Wildman–Crippen LogP) is 2.59. The van der Waals surface area contributed by atoms with Crippen LogP contribution in [0.25, 0.3) is 0 Å². The number of ether oxygens (including phenoxy) is 1. The molecule has 15 heavy (non-hydrogen) atoms. The minimum atomic E-state index is -0.133. The molecule has 1 saturated carbocycles. The molecule has 2 rings (SSSR count). The van der Waals surface area contributed by atoms with Gasteiger partial charge in [0.2, 0.25) is 0 Å². The molecule has 0 atom stereocenters. The van der Waals surface area contributed by atoms with Gasteiger partial charge in [-0.15, -0.1) is 0 Å². The van der Waals surface area contributed by atoms with Crippen molar-refractivity contribution in [3.8, 4) is 5.75 Å². The number of nitrogens with two attached hydrogens (primary N) is 1. The zero-order chi connectivity index (χ0) is 10.9. The van der Waals surface area contributed by atoms with E-state index in [0.29, 0.717) is 6.61 Å². The van der Waals surface area contributed by atoms with Crippen LogP contribution in [0.15, 0.2) is 36.4 Å². The maximum absolute atomic E-state index is 6.17. The van der Waals surface area contributed by atoms with Crippen LogP contribution >= 0.6 is 0 Å². The van der Waals surface area contributed by atoms with Crippen molar-refractivity contribution in [2.75, 3.05) is 6.61 Å². The van der Waals surface area contributed by atoms with Gasteiger partial charge in [0.25, 0.3) is 0 Å². The fourth-order valence-electron chi connectivity index (χ4n) is 1.61. The first-order valence-electron chi connectivity index (χ1n) is 5.27. The van der Waals surface area contributed by atoms with Crippen molar-refractivity contribution >= 4 is 0 Å². The summed E-state index contributed by atoms with van der Waals surface area (Å²) >= 11 is 0. The molecule has 1 aromatic rings. The average Bonchev–Trinajstić information content (AvgIpc) is 2.95. The van der Waals surface area contributed by atoms with Crippen molar-refractivity contribution < 1.29 is 4.74 Å². The molecule has 80 valence electrons. The maximum Gasteiger partial charge on any atom is 0.124 e. The first-order valence-corrected chi connectivity index (χ1v) is 5.27. The van der Waals surface area contributed by atoms with Crippen molar-refractivity contribution in [2.45, 2.75) is 25.3 Å². The second-order valence-corrected chi connectivity index (χ2v) is 4.40. The van der Waals surface area contributed by atoms with Gasteiger partial charge in [-0.1, -0.05) is 24.8 Å². The van der Waals surface area contributed by atoms with Crippen LogP contribution in [-0.4, -0.2) is 6.61 Å². The molecule has 0 radical (unpaired) electrons. The Labute approximate surface area is 90.7 Å². The molecule has 0 unspecified atom stereocenters. The molecule has 2 nitrogen and oxygen atoms in total. The lowest BCUT2D eigenvalue weighted by molar-refractivity contribution is 0.345. The van der Waals surface area contributed by atoms with Gasteiger partial charge < -0.3 is 10.5 Å². The van der Waals surface area contributed by atoms with E-state index in [-0.39, 0.29) is 5.54 Å². The van der Waals surface area contributed by atoms with Gasteiger partial charge in [0, 0.05) is 11.1 Å². The first kappa shape index (κ1) is 10.2. The molecule has 0 bridgehead atoms. The summed E-state index contributed by atoms with van der Waals surface area (Å²) in [4.78, 5) is 0. The Morgan fingerprint density at radius 1 is 1.47 bits per heavy atom. The highest BCUT2D eigenvalue weighted by Crippen LogP contribution is 2.46. The fraction of sp³-hybridized carbons (Fsp3) is 0.385. The van der Waals surface area contributed by atoms with Crippen LogP contribution in [0.2, 0.25) is 0 Å². The molecule has 0 spiro atoms. The minimum absolute atomic E-state index is 0.133. The van der Waals surface area contributed by atoms with E-state index in [1.54, 1.807) is 0 Å². The Balaban J connectivity index is 2.19. The summed E-state index contributed by atoms with van der Waals surface area (Å²) in [5, 5.41) is 0. The molecular weight excluding hydrogens is 186 g/mol. The summed E-state index contributed by atoms with van der Waals surface area (Å²) in [5.74, 6) is 0.903. The maximum atomic E-state index is 6.17. The summed E-state index contributed by atoms with van der Waals surface area (Å²) in [6, 6.07) is 8.02. The molecule has 0 aromatic heterocycles. The van der Waals surface area contributed by atoms with Crippen molar-refractivity contribution in [2.24, 2.45) is 5.73 Å². The van der Waals surface area contributed by atoms with Gasteiger partial charge >= 0.3 is 0 Å². The van der Waals surface area contributed by atoms with E-state index in [4.69, 9.17) is 10.5 Å². The lowest BCUT2D eigenvalue weighted by Gasteiger charge is -2.15. The van der Waals surface area contributed by atoms with Gasteiger partial charge in [-0.3, -0.25) is 0 Å². The highest BCUT2D eigenvalue weighted by atomic mass is 16.5. The number of hydrogen-bond acceptors (Lipinski definition) is 2. The molecule has 2 N–H and O–H groups in total. The predicted molar refractivity (Wildman–Crippen MR) is 61.9 cm³/mol. The Kier molecular flexibility index (Phi) is 2.53. The summed E-state index contributed by atoms with van der Waals surface area (Å²) in [6.07, 6.45) is 2.11. The minimum Gasteiger partial charge on any atom is -0.489 e. The Morgan fingerprint density at radius 3 is 2.73 bits per heavy atom. The third-order valence-corrected chi connectivity index (χ3v) is 2.69. The third kappa shape index (κ3) is 2.21. The average molecular weight is 203 g/mol. The van der Waals surface area contributed by atoms with E-state index in [1.807, 2.05) is 25.1 Å². The normalized spacial score (nSPS) is 17.2. The topological polar surface area (TPSA) is 35.2 Å². The zero-order valence-corrected chi connectivity index (χ0v) is 9.12. The highest BCUT2D eigenvalue weighted by molar-refractivity contribution is 5.42. The van der Waals surface area contributed by atoms with Gasteiger partial charge in [0.1, 0.15) is 12.4 Å². The Hall–Kier alpha value is -1.28. The lowest BCUT2D eigenvalue weighted by Crippen LogP contribution is -2.20. The summed E-state index contributed by atoms with van der Waals surface area (Å²) in [7, 11) is 0. The highest BCUT2D eigenvalue weighted by Gasteiger charge is 2.41. The van der Waals surface area contributed by atoms with E-state index < -0.39 is 0 Å². The van der Waals surface area contributed by atoms with Gasteiger partial charge in [0.05, 0.1) is 0 Å². The van der Waals surface area contributed by atoms with Gasteiger partial charge in [-0.25, -0.2) is 0 Å². The largest absolute Gasteiger partial charge is 0.489 e. The van der Waals surface area contributed by atoms with E-state index in [9.17, 15) is 0 Å². The second-order valence-electron chi connectivity index (χ2n) is 4.40. The SMILES string of the molecule is C=C(C)COc1ccccc1C1(N)CC1. The summed E-state index contributed by atoms with van der Waals surface area (Å²) in [6.45, 7) is 6.34. The number of hydrogen-bond donors (Lipinski definition) is 1. The van der Waals surface area contributed by atoms with E-state index in [2.05, 4.69) is 12.6 Å². The molecular formula is C13H17NO. The van der Waals surface area contributed by atoms with Gasteiger partial charge in [-0.05, 0) is 31.4 Å². The van der Waals surface area contributed by atoms with E-state index in [1.165, 1.54) is 0 Å². The van der Waals surface area contributed by atoms with Gasteiger partial charge in [0.15, 0.2) is 0 Å². The molecule has 0 aliphatic heterocycles. The number of rotatable bonds is 4. The van der Waals surface area contributed by atoms with E-state index in [0.717, 1.165) is 29.7 Å². The van der Waals surface area contributed by atoms with Crippen LogP contribution < -0.4 is 10.5 Å². The smallest absolute Gasteiger partial charge is 0.124 e. The number of benzene rings is 1. The lowest BCUT2D eigenvalue weighted by atomic mass is 10.0. The standard InChI is InChI=1S/C13H17NO/c1-10(2)9-15-12-6-4-3-5-11(12)13(14)7-8-13/h3-6H,1,7-9,14H2,2H3. The van der Waals surface area contributed by atoms with Crippen molar-refractivity contribution in [1.29, 1.82) is 0 Å². The van der Waals surface area contributed by atoms with Crippen LogP contribution in [0.3, 0.4) is 0 Å². The van der Waals surface area contributed by atoms with Gasteiger partial charge in [-0.2, -0.15) is 0 Å². The van der Waals surface area contributed by atoms with Crippen molar-refractivity contribution in [1.82, 2.24) is 0 Å². The fourth-order valence-corrected chi connectivity index (χ4v) is 1.61. The van der Waals surface area contributed by atoms with Crippen molar-refractivity contribution in [3.05, 3.63) is 42.0 Å². The first-order chi connectivity index (χ1) is 7.12. The molecule has 1 aliphatic carbocycles. The van der Waals surface area contributed by atoms with E-state index >= 15 is 0 Å². The molecule has 1 aromatic carbocycles. The van der Waals surface area contributed by atoms with Crippen LogP contribution in [0.1, 0.15) is 25.3 Å². The summed E-state index contributed by atoms with van der Waals surface area (Å²) < 4.78 is 5.69. The summed E-state index contributed by atoms with van der Waals surface area (Å²) in [5.41, 5.74) is 8.19. The van der Waals surface area contributed by atoms with Crippen LogP contribution in [-0.2, 0) is 5.54 Å². The van der Waals surface area contributed by atoms with Crippen LogP contribution in [0.4, 0.5) is 0 Å². The second kappa shape index (κ2) is 3.70. The molecule has 1 fully saturated rings. The molecule has 0 heterocycles. The number of para-hydroxylation sites is 1. The Bertz CT molecular complexity index is 380. The molecule has 0 amide bonds. The molecule has 1 aliphatic rings. The third-order valence-electron chi connectivity index (χ3n) is 2.69. The quantitative estimate of drug-likeness (QED) is 0.763. The zero-order valence-electron chi connectivity index (χ0n) is 9.12. The van der Waals surface area contributed by atoms with Crippen molar-refractivity contribution in [3.63, 3.8) is 0 Å². The monoisotopic (exact) mass is 203 g/mol. The van der Waals surface area contributed by atoms with Crippen LogP contribution in [0.5, 0.6) is 5.75 Å². The molecule has 2 heteroatoms.